The predicted molar refractivity (Wildman–Crippen MR) is 104 cm³/mol. The van der Waals surface area contributed by atoms with Crippen molar-refractivity contribution in [2.24, 2.45) is 0 Å². The van der Waals surface area contributed by atoms with Gasteiger partial charge in [-0.3, -0.25) is 0 Å². The van der Waals surface area contributed by atoms with E-state index in [0.29, 0.717) is 31.1 Å². The molecular weight excluding hydrogens is 397 g/mol. The van der Waals surface area contributed by atoms with Crippen LogP contribution >= 0.6 is 23.2 Å². The van der Waals surface area contributed by atoms with Gasteiger partial charge in [0.1, 0.15) is 4.90 Å². The van der Waals surface area contributed by atoms with Crippen molar-refractivity contribution in [1.29, 1.82) is 0 Å². The minimum atomic E-state index is -3.80. The number of rotatable bonds is 9. The standard InChI is InChI=1S/C18H21Cl2NO4S/c1-3-24-16-9-8-13(12-17(16)25-4-2)10-11-21-26(22,23)18-14(19)6-5-7-15(18)20/h5-9,12,21H,3-4,10-11H2,1-2H3. The van der Waals surface area contributed by atoms with E-state index in [9.17, 15) is 8.42 Å². The Labute approximate surface area is 164 Å². The monoisotopic (exact) mass is 417 g/mol. The van der Waals surface area contributed by atoms with E-state index in [1.165, 1.54) is 12.1 Å². The molecule has 0 aliphatic heterocycles. The first kappa shape index (κ1) is 20.8. The lowest BCUT2D eigenvalue weighted by molar-refractivity contribution is 0.287. The molecule has 0 fully saturated rings. The first-order chi connectivity index (χ1) is 12.4. The van der Waals surface area contributed by atoms with E-state index in [1.54, 1.807) is 6.07 Å². The molecule has 8 heteroatoms. The van der Waals surface area contributed by atoms with E-state index in [4.69, 9.17) is 32.7 Å². The topological polar surface area (TPSA) is 64.6 Å². The van der Waals surface area contributed by atoms with Crippen molar-refractivity contribution < 1.29 is 17.9 Å². The van der Waals surface area contributed by atoms with Gasteiger partial charge in [-0.1, -0.05) is 35.3 Å². The van der Waals surface area contributed by atoms with E-state index < -0.39 is 10.0 Å². The van der Waals surface area contributed by atoms with Crippen molar-refractivity contribution in [2.75, 3.05) is 19.8 Å². The minimum absolute atomic E-state index is 0.0877. The van der Waals surface area contributed by atoms with Crippen LogP contribution in [-0.2, 0) is 16.4 Å². The van der Waals surface area contributed by atoms with Crippen LogP contribution in [0, 0.1) is 0 Å². The van der Waals surface area contributed by atoms with Gasteiger partial charge in [0.05, 0.1) is 23.3 Å². The lowest BCUT2D eigenvalue weighted by Gasteiger charge is -2.13. The Bertz CT molecular complexity index is 836. The van der Waals surface area contributed by atoms with Crippen LogP contribution in [-0.4, -0.2) is 28.2 Å². The van der Waals surface area contributed by atoms with E-state index in [-0.39, 0.29) is 21.5 Å². The maximum absolute atomic E-state index is 12.4. The molecule has 2 aromatic carbocycles. The molecule has 0 amide bonds. The van der Waals surface area contributed by atoms with Gasteiger partial charge in [0, 0.05) is 6.54 Å². The molecule has 0 bridgehead atoms. The second-order valence-electron chi connectivity index (χ2n) is 5.35. The molecule has 0 saturated heterocycles. The van der Waals surface area contributed by atoms with E-state index in [2.05, 4.69) is 4.72 Å². The molecule has 0 aliphatic carbocycles. The molecule has 0 atom stereocenters. The Balaban J connectivity index is 2.08. The van der Waals surface area contributed by atoms with Crippen LogP contribution in [0.1, 0.15) is 19.4 Å². The summed E-state index contributed by atoms with van der Waals surface area (Å²) in [6, 6.07) is 10.1. The zero-order valence-electron chi connectivity index (χ0n) is 14.6. The number of nitrogens with one attached hydrogen (secondary N) is 1. The first-order valence-electron chi connectivity index (χ1n) is 8.21. The SMILES string of the molecule is CCOc1ccc(CCNS(=O)(=O)c2c(Cl)cccc2Cl)cc1OCC. The van der Waals surface area contributed by atoms with E-state index in [0.717, 1.165) is 5.56 Å². The fraction of sp³-hybridized carbons (Fsp3) is 0.333. The number of benzene rings is 2. The van der Waals surface area contributed by atoms with Crippen LogP contribution < -0.4 is 14.2 Å². The summed E-state index contributed by atoms with van der Waals surface area (Å²) < 4.78 is 38.5. The molecule has 0 aromatic heterocycles. The fourth-order valence-corrected chi connectivity index (χ4v) is 4.56. The van der Waals surface area contributed by atoms with Gasteiger partial charge in [-0.15, -0.1) is 0 Å². The highest BCUT2D eigenvalue weighted by atomic mass is 35.5. The number of hydrogen-bond acceptors (Lipinski definition) is 4. The second kappa shape index (κ2) is 9.46. The van der Waals surface area contributed by atoms with Crippen molar-refractivity contribution in [3.63, 3.8) is 0 Å². The van der Waals surface area contributed by atoms with Crippen molar-refractivity contribution in [3.05, 3.63) is 52.0 Å². The highest BCUT2D eigenvalue weighted by Crippen LogP contribution is 2.30. The van der Waals surface area contributed by atoms with Crippen molar-refractivity contribution in [1.82, 2.24) is 4.72 Å². The molecule has 0 radical (unpaired) electrons. The summed E-state index contributed by atoms with van der Waals surface area (Å²) in [4.78, 5) is -0.106. The normalized spacial score (nSPS) is 11.4. The van der Waals surface area contributed by atoms with E-state index >= 15 is 0 Å². The molecule has 0 heterocycles. The maximum Gasteiger partial charge on any atom is 0.243 e. The molecule has 2 rings (SSSR count). The van der Waals surface area contributed by atoms with Crippen LogP contribution in [0.5, 0.6) is 11.5 Å². The van der Waals surface area contributed by atoms with Gasteiger partial charge in [0.2, 0.25) is 10.0 Å². The molecule has 0 unspecified atom stereocenters. The molecule has 5 nitrogen and oxygen atoms in total. The van der Waals surface area contributed by atoms with Crippen LogP contribution in [0.25, 0.3) is 0 Å². The second-order valence-corrected chi connectivity index (χ2v) is 7.86. The highest BCUT2D eigenvalue weighted by Gasteiger charge is 2.21. The van der Waals surface area contributed by atoms with Crippen molar-refractivity contribution in [3.8, 4) is 11.5 Å². The summed E-state index contributed by atoms with van der Waals surface area (Å²) in [5.74, 6) is 1.31. The molecule has 0 aliphatic rings. The largest absolute Gasteiger partial charge is 0.490 e. The lowest BCUT2D eigenvalue weighted by Crippen LogP contribution is -2.26. The van der Waals surface area contributed by atoms with E-state index in [1.807, 2.05) is 32.0 Å². The molecule has 0 saturated carbocycles. The van der Waals surface area contributed by atoms with Gasteiger partial charge in [0.25, 0.3) is 0 Å². The molecular formula is C18H21Cl2NO4S. The molecule has 142 valence electrons. The summed E-state index contributed by atoms with van der Waals surface area (Å²) in [6.07, 6.45) is 0.480. The quantitative estimate of drug-likeness (QED) is 0.659. The molecule has 0 spiro atoms. The summed E-state index contributed by atoms with van der Waals surface area (Å²) in [5.41, 5.74) is 0.921. The third-order valence-electron chi connectivity index (χ3n) is 3.50. The molecule has 2 aromatic rings. The van der Waals surface area contributed by atoms with Crippen LogP contribution in [0.15, 0.2) is 41.3 Å². The fourth-order valence-electron chi connectivity index (χ4n) is 2.39. The van der Waals surface area contributed by atoms with Crippen molar-refractivity contribution >= 4 is 33.2 Å². The van der Waals surface area contributed by atoms with Gasteiger partial charge < -0.3 is 9.47 Å². The van der Waals surface area contributed by atoms with Gasteiger partial charge in [-0.05, 0) is 50.1 Å². The van der Waals surface area contributed by atoms with Crippen molar-refractivity contribution in [2.45, 2.75) is 25.2 Å². The third-order valence-corrected chi connectivity index (χ3v) is 5.92. The lowest BCUT2D eigenvalue weighted by atomic mass is 10.1. The number of sulfonamides is 1. The molecule has 1 N–H and O–H groups in total. The third kappa shape index (κ3) is 5.27. The zero-order chi connectivity index (χ0) is 19.2. The molecule has 26 heavy (non-hydrogen) atoms. The minimum Gasteiger partial charge on any atom is -0.490 e. The summed E-state index contributed by atoms with van der Waals surface area (Å²) in [5, 5.41) is 0.175. The van der Waals surface area contributed by atoms with Crippen LogP contribution in [0.4, 0.5) is 0 Å². The summed E-state index contributed by atoms with van der Waals surface area (Å²) >= 11 is 12.0. The van der Waals surface area contributed by atoms with Gasteiger partial charge in [-0.25, -0.2) is 13.1 Å². The smallest absolute Gasteiger partial charge is 0.243 e. The maximum atomic E-state index is 12.4. The highest BCUT2D eigenvalue weighted by molar-refractivity contribution is 7.89. The Morgan fingerprint density at radius 2 is 1.58 bits per heavy atom. The average molecular weight is 418 g/mol. The first-order valence-corrected chi connectivity index (χ1v) is 10.4. The number of hydrogen-bond donors (Lipinski definition) is 1. The predicted octanol–water partition coefficient (Wildman–Crippen LogP) is 4.31. The summed E-state index contributed by atoms with van der Waals surface area (Å²) in [6.45, 7) is 5.05. The van der Waals surface area contributed by atoms with Crippen LogP contribution in [0.2, 0.25) is 10.0 Å². The van der Waals surface area contributed by atoms with Crippen LogP contribution in [0.3, 0.4) is 0 Å². The number of ether oxygens (including phenoxy) is 2. The number of halogens is 2. The summed E-state index contributed by atoms with van der Waals surface area (Å²) in [7, 11) is -3.80. The zero-order valence-corrected chi connectivity index (χ0v) is 16.9. The Morgan fingerprint density at radius 1 is 0.962 bits per heavy atom. The Morgan fingerprint density at radius 3 is 2.19 bits per heavy atom. The Kier molecular flexibility index (Phi) is 7.58. The van der Waals surface area contributed by atoms with Gasteiger partial charge in [-0.2, -0.15) is 0 Å². The average Bonchev–Trinajstić information content (AvgIpc) is 2.57. The van der Waals surface area contributed by atoms with Gasteiger partial charge in [0.15, 0.2) is 11.5 Å². The Hall–Kier alpha value is -1.47. The van der Waals surface area contributed by atoms with Gasteiger partial charge >= 0.3 is 0 Å².